The highest BCUT2D eigenvalue weighted by Crippen LogP contribution is 2.34. The summed E-state index contributed by atoms with van der Waals surface area (Å²) < 4.78 is 18.9. The maximum atomic E-state index is 13.6. The summed E-state index contributed by atoms with van der Waals surface area (Å²) >= 11 is 0. The van der Waals surface area contributed by atoms with Gasteiger partial charge in [0.15, 0.2) is 0 Å². The molecular formula is C17H20FNO. The van der Waals surface area contributed by atoms with Crippen LogP contribution in [0.1, 0.15) is 29.0 Å². The van der Waals surface area contributed by atoms with Gasteiger partial charge in [-0.15, -0.1) is 0 Å². The van der Waals surface area contributed by atoms with E-state index in [-0.39, 0.29) is 11.7 Å². The lowest BCUT2D eigenvalue weighted by Crippen LogP contribution is -2.10. The fourth-order valence-electron chi connectivity index (χ4n) is 2.44. The van der Waals surface area contributed by atoms with Crippen LogP contribution in [-0.4, -0.2) is 13.7 Å². The average molecular weight is 273 g/mol. The summed E-state index contributed by atoms with van der Waals surface area (Å²) in [4.78, 5) is 0. The Balaban J connectivity index is 2.47. The zero-order valence-corrected chi connectivity index (χ0v) is 11.9. The molecule has 0 saturated heterocycles. The number of benzene rings is 2. The van der Waals surface area contributed by atoms with Crippen molar-refractivity contribution in [3.8, 4) is 5.75 Å². The van der Waals surface area contributed by atoms with Gasteiger partial charge in [0.1, 0.15) is 11.6 Å². The molecule has 0 heterocycles. The summed E-state index contributed by atoms with van der Waals surface area (Å²) in [7, 11) is 1.60. The van der Waals surface area contributed by atoms with Crippen molar-refractivity contribution >= 4 is 0 Å². The van der Waals surface area contributed by atoms with Crippen molar-refractivity contribution in [2.24, 2.45) is 5.73 Å². The van der Waals surface area contributed by atoms with Gasteiger partial charge >= 0.3 is 0 Å². The first-order valence-electron chi connectivity index (χ1n) is 6.75. The van der Waals surface area contributed by atoms with Crippen LogP contribution in [0.25, 0.3) is 0 Å². The molecule has 2 aromatic rings. The Hall–Kier alpha value is -1.87. The molecule has 0 spiro atoms. The molecule has 20 heavy (non-hydrogen) atoms. The zero-order valence-electron chi connectivity index (χ0n) is 11.9. The number of rotatable bonds is 5. The molecule has 2 N–H and O–H groups in total. The summed E-state index contributed by atoms with van der Waals surface area (Å²) in [6.07, 6.45) is 0.753. The summed E-state index contributed by atoms with van der Waals surface area (Å²) in [5, 5.41) is 0. The van der Waals surface area contributed by atoms with Crippen LogP contribution >= 0.6 is 0 Å². The first-order chi connectivity index (χ1) is 9.65. The molecule has 1 unspecified atom stereocenters. The molecule has 3 heteroatoms. The number of hydrogen-bond acceptors (Lipinski definition) is 2. The third-order valence-electron chi connectivity index (χ3n) is 3.50. The summed E-state index contributed by atoms with van der Waals surface area (Å²) in [6, 6.07) is 12.9. The quantitative estimate of drug-likeness (QED) is 0.903. The van der Waals surface area contributed by atoms with E-state index in [1.807, 2.05) is 6.92 Å². The van der Waals surface area contributed by atoms with Gasteiger partial charge in [-0.25, -0.2) is 4.39 Å². The van der Waals surface area contributed by atoms with Gasteiger partial charge in [0.05, 0.1) is 7.11 Å². The van der Waals surface area contributed by atoms with Crippen LogP contribution < -0.4 is 10.5 Å². The maximum Gasteiger partial charge on any atom is 0.123 e. The molecule has 0 fully saturated rings. The fraction of sp³-hybridized carbons (Fsp3) is 0.294. The Morgan fingerprint density at radius 2 is 1.85 bits per heavy atom. The van der Waals surface area contributed by atoms with Crippen molar-refractivity contribution in [1.82, 2.24) is 0 Å². The van der Waals surface area contributed by atoms with Gasteiger partial charge in [0.2, 0.25) is 0 Å². The monoisotopic (exact) mass is 273 g/mol. The van der Waals surface area contributed by atoms with E-state index in [1.54, 1.807) is 19.2 Å². The molecule has 2 aromatic carbocycles. The number of aryl methyl sites for hydroxylation is 1. The summed E-state index contributed by atoms with van der Waals surface area (Å²) in [6.45, 7) is 2.59. The molecule has 1 atom stereocenters. The standard InChI is InChI=1S/C17H20FNO/c1-12-3-5-13(6-4-12)15(9-10-19)16-11-14(18)7-8-17(16)20-2/h3-8,11,15H,9-10,19H2,1-2H3. The minimum Gasteiger partial charge on any atom is -0.496 e. The van der Waals surface area contributed by atoms with Crippen LogP contribution in [0.5, 0.6) is 5.75 Å². The highest BCUT2D eigenvalue weighted by molar-refractivity contribution is 5.43. The lowest BCUT2D eigenvalue weighted by Gasteiger charge is -2.20. The van der Waals surface area contributed by atoms with Crippen LogP contribution in [-0.2, 0) is 0 Å². The molecule has 2 nitrogen and oxygen atoms in total. The van der Waals surface area contributed by atoms with Gasteiger partial charge in [-0.05, 0) is 43.7 Å². The molecule has 0 aromatic heterocycles. The van der Waals surface area contributed by atoms with E-state index in [4.69, 9.17) is 10.5 Å². The van der Waals surface area contributed by atoms with Crippen molar-refractivity contribution in [3.63, 3.8) is 0 Å². The third kappa shape index (κ3) is 3.17. The van der Waals surface area contributed by atoms with E-state index >= 15 is 0 Å². The predicted molar refractivity (Wildman–Crippen MR) is 79.6 cm³/mol. The molecule has 0 aliphatic rings. The summed E-state index contributed by atoms with van der Waals surface area (Å²) in [5.74, 6) is 0.492. The van der Waals surface area contributed by atoms with E-state index in [0.717, 1.165) is 17.5 Å². The molecule has 2 rings (SSSR count). The van der Waals surface area contributed by atoms with Gasteiger partial charge in [-0.3, -0.25) is 0 Å². The van der Waals surface area contributed by atoms with Crippen LogP contribution in [0, 0.1) is 12.7 Å². The summed E-state index contributed by atoms with van der Waals surface area (Å²) in [5.41, 5.74) is 8.91. The maximum absolute atomic E-state index is 13.6. The van der Waals surface area contributed by atoms with Gasteiger partial charge in [-0.2, -0.15) is 0 Å². The number of methoxy groups -OCH3 is 1. The highest BCUT2D eigenvalue weighted by atomic mass is 19.1. The largest absolute Gasteiger partial charge is 0.496 e. The Labute approximate surface area is 119 Å². The molecule has 0 saturated carbocycles. The number of nitrogens with two attached hydrogens (primary N) is 1. The van der Waals surface area contributed by atoms with E-state index in [2.05, 4.69) is 24.3 Å². The lowest BCUT2D eigenvalue weighted by atomic mass is 9.87. The normalized spacial score (nSPS) is 12.2. The van der Waals surface area contributed by atoms with Crippen molar-refractivity contribution in [2.75, 3.05) is 13.7 Å². The predicted octanol–water partition coefficient (Wildman–Crippen LogP) is 3.62. The Morgan fingerprint density at radius 3 is 2.45 bits per heavy atom. The van der Waals surface area contributed by atoms with Gasteiger partial charge < -0.3 is 10.5 Å². The van der Waals surface area contributed by atoms with Crippen molar-refractivity contribution in [1.29, 1.82) is 0 Å². The minimum atomic E-state index is -0.255. The molecule has 0 radical (unpaired) electrons. The molecule has 0 bridgehead atoms. The lowest BCUT2D eigenvalue weighted by molar-refractivity contribution is 0.405. The first kappa shape index (κ1) is 14.5. The topological polar surface area (TPSA) is 35.2 Å². The number of hydrogen-bond donors (Lipinski definition) is 1. The van der Waals surface area contributed by atoms with Crippen molar-refractivity contribution < 1.29 is 9.13 Å². The second-order valence-electron chi connectivity index (χ2n) is 4.93. The van der Waals surface area contributed by atoms with E-state index in [0.29, 0.717) is 12.3 Å². The van der Waals surface area contributed by atoms with Gasteiger partial charge in [-0.1, -0.05) is 29.8 Å². The minimum absolute atomic E-state index is 0.0475. The second kappa shape index (κ2) is 6.53. The Kier molecular flexibility index (Phi) is 4.74. The van der Waals surface area contributed by atoms with Gasteiger partial charge in [0, 0.05) is 11.5 Å². The van der Waals surface area contributed by atoms with Crippen LogP contribution in [0.4, 0.5) is 4.39 Å². The van der Waals surface area contributed by atoms with E-state index in [9.17, 15) is 4.39 Å². The Bertz CT molecular complexity index is 566. The number of ether oxygens (including phenoxy) is 1. The molecule has 0 aliphatic carbocycles. The Morgan fingerprint density at radius 1 is 1.15 bits per heavy atom. The van der Waals surface area contributed by atoms with E-state index < -0.39 is 0 Å². The molecule has 0 aliphatic heterocycles. The first-order valence-corrected chi connectivity index (χ1v) is 6.75. The molecule has 0 amide bonds. The average Bonchev–Trinajstić information content (AvgIpc) is 2.46. The van der Waals surface area contributed by atoms with Crippen LogP contribution in [0.2, 0.25) is 0 Å². The smallest absolute Gasteiger partial charge is 0.123 e. The highest BCUT2D eigenvalue weighted by Gasteiger charge is 2.18. The third-order valence-corrected chi connectivity index (χ3v) is 3.50. The van der Waals surface area contributed by atoms with E-state index in [1.165, 1.54) is 11.6 Å². The SMILES string of the molecule is COc1ccc(F)cc1C(CCN)c1ccc(C)cc1. The van der Waals surface area contributed by atoms with Crippen LogP contribution in [0.3, 0.4) is 0 Å². The van der Waals surface area contributed by atoms with Crippen molar-refractivity contribution in [2.45, 2.75) is 19.3 Å². The molecular weight excluding hydrogens is 253 g/mol. The second-order valence-corrected chi connectivity index (χ2v) is 4.93. The van der Waals surface area contributed by atoms with Crippen LogP contribution in [0.15, 0.2) is 42.5 Å². The fourth-order valence-corrected chi connectivity index (χ4v) is 2.44. The van der Waals surface area contributed by atoms with Gasteiger partial charge in [0.25, 0.3) is 0 Å². The zero-order chi connectivity index (χ0) is 14.5. The molecule has 106 valence electrons. The number of halogens is 1. The van der Waals surface area contributed by atoms with Crippen molar-refractivity contribution in [3.05, 3.63) is 65.0 Å².